The minimum absolute atomic E-state index is 0.0426. The summed E-state index contributed by atoms with van der Waals surface area (Å²) in [6, 6.07) is 1.60. The summed E-state index contributed by atoms with van der Waals surface area (Å²) in [5, 5.41) is 12.1. The van der Waals surface area contributed by atoms with E-state index < -0.39 is 0 Å². The van der Waals surface area contributed by atoms with Gasteiger partial charge in [-0.1, -0.05) is 20.8 Å². The molecule has 0 aliphatic rings. The number of halogens is 1. The van der Waals surface area contributed by atoms with Crippen LogP contribution in [0.15, 0.2) is 16.7 Å². The lowest BCUT2D eigenvalue weighted by atomic mass is 10.1. The van der Waals surface area contributed by atoms with Crippen molar-refractivity contribution in [1.29, 1.82) is 0 Å². The molecule has 0 saturated carbocycles. The molecule has 1 atom stereocenters. The first-order valence-electron chi connectivity index (χ1n) is 6.27. The molecule has 0 aliphatic heterocycles. The predicted octanol–water partition coefficient (Wildman–Crippen LogP) is 2.41. The fourth-order valence-electron chi connectivity index (χ4n) is 1.76. The van der Waals surface area contributed by atoms with Crippen molar-refractivity contribution in [2.75, 3.05) is 6.61 Å². The summed E-state index contributed by atoms with van der Waals surface area (Å²) in [7, 11) is 0. The summed E-state index contributed by atoms with van der Waals surface area (Å²) in [4.78, 5) is 12.2. The first-order valence-corrected chi connectivity index (χ1v) is 7.06. The zero-order valence-electron chi connectivity index (χ0n) is 11.1. The highest BCUT2D eigenvalue weighted by atomic mass is 79.9. The Morgan fingerprint density at radius 1 is 1.56 bits per heavy atom. The Hall–Kier alpha value is -0.810. The molecule has 0 spiro atoms. The third-order valence-corrected chi connectivity index (χ3v) is 3.31. The average molecular weight is 317 g/mol. The van der Waals surface area contributed by atoms with E-state index in [2.05, 4.69) is 28.2 Å². The van der Waals surface area contributed by atoms with Crippen molar-refractivity contribution in [3.05, 3.63) is 22.4 Å². The van der Waals surface area contributed by atoms with Crippen molar-refractivity contribution in [3.8, 4) is 0 Å². The van der Waals surface area contributed by atoms with Crippen LogP contribution in [-0.2, 0) is 6.54 Å². The Labute approximate surface area is 117 Å². The Bertz CT molecular complexity index is 402. The molecule has 1 aromatic rings. The van der Waals surface area contributed by atoms with Crippen molar-refractivity contribution < 1.29 is 9.90 Å². The van der Waals surface area contributed by atoms with Crippen molar-refractivity contribution in [2.45, 2.75) is 39.8 Å². The number of rotatable bonds is 6. The molecule has 0 fully saturated rings. The maximum absolute atomic E-state index is 12.2. The lowest BCUT2D eigenvalue weighted by Gasteiger charge is -2.20. The molecule has 2 N–H and O–H groups in total. The minimum atomic E-state index is -0.207. The molecule has 0 radical (unpaired) electrons. The molecule has 1 rings (SSSR count). The third kappa shape index (κ3) is 3.85. The standard InChI is InChI=1S/C13H21BrN2O2/c1-4-5-16-7-10(14)6-12(16)13(18)15-11(8-17)9(2)3/h6-7,9,11,17H,4-5,8H2,1-3H3,(H,15,18). The molecule has 5 heteroatoms. The number of aliphatic hydroxyl groups is 1. The first kappa shape index (κ1) is 15.2. The molecule has 0 bridgehead atoms. The SMILES string of the molecule is CCCn1cc(Br)cc1C(=O)NC(CO)C(C)C. The van der Waals surface area contributed by atoms with Crippen molar-refractivity contribution in [2.24, 2.45) is 5.92 Å². The van der Waals surface area contributed by atoms with Crippen LogP contribution in [0.5, 0.6) is 0 Å². The summed E-state index contributed by atoms with van der Waals surface area (Å²) >= 11 is 3.38. The van der Waals surface area contributed by atoms with Crippen molar-refractivity contribution >= 4 is 21.8 Å². The number of nitrogens with one attached hydrogen (secondary N) is 1. The van der Waals surface area contributed by atoms with Gasteiger partial charge >= 0.3 is 0 Å². The second kappa shape index (κ2) is 6.95. The van der Waals surface area contributed by atoms with Crippen molar-refractivity contribution in [3.63, 3.8) is 0 Å². The molecule has 0 saturated heterocycles. The lowest BCUT2D eigenvalue weighted by molar-refractivity contribution is 0.0887. The smallest absolute Gasteiger partial charge is 0.268 e. The Morgan fingerprint density at radius 3 is 2.72 bits per heavy atom. The molecule has 102 valence electrons. The molecule has 1 unspecified atom stereocenters. The van der Waals surface area contributed by atoms with Gasteiger partial charge in [-0.25, -0.2) is 0 Å². The van der Waals surface area contributed by atoms with Gasteiger partial charge < -0.3 is 15.0 Å². The molecule has 18 heavy (non-hydrogen) atoms. The van der Waals surface area contributed by atoms with Crippen LogP contribution in [0.3, 0.4) is 0 Å². The van der Waals surface area contributed by atoms with Gasteiger partial charge in [0.1, 0.15) is 5.69 Å². The monoisotopic (exact) mass is 316 g/mol. The Balaban J connectivity index is 2.83. The number of carbonyl (C=O) groups is 1. The number of carbonyl (C=O) groups excluding carboxylic acids is 1. The zero-order chi connectivity index (χ0) is 13.7. The van der Waals surface area contributed by atoms with Gasteiger partial charge in [0.05, 0.1) is 12.6 Å². The van der Waals surface area contributed by atoms with Gasteiger partial charge in [0.15, 0.2) is 0 Å². The van der Waals surface area contributed by atoms with Crippen LogP contribution in [-0.4, -0.2) is 28.2 Å². The highest BCUT2D eigenvalue weighted by Gasteiger charge is 2.19. The molecular weight excluding hydrogens is 296 g/mol. The van der Waals surface area contributed by atoms with Crippen LogP contribution < -0.4 is 5.32 Å². The maximum Gasteiger partial charge on any atom is 0.268 e. The van der Waals surface area contributed by atoms with Crippen LogP contribution >= 0.6 is 15.9 Å². The van der Waals surface area contributed by atoms with E-state index in [0.717, 1.165) is 17.4 Å². The average Bonchev–Trinajstić information content (AvgIpc) is 2.67. The fraction of sp³-hybridized carbons (Fsp3) is 0.615. The predicted molar refractivity (Wildman–Crippen MR) is 75.6 cm³/mol. The molecular formula is C13H21BrN2O2. The summed E-state index contributed by atoms with van der Waals surface area (Å²) in [5.74, 6) is 0.0684. The molecule has 1 heterocycles. The van der Waals surface area contributed by atoms with Gasteiger partial charge in [0.2, 0.25) is 0 Å². The molecule has 1 amide bonds. The van der Waals surface area contributed by atoms with Crippen LogP contribution in [0.1, 0.15) is 37.7 Å². The summed E-state index contributed by atoms with van der Waals surface area (Å²) < 4.78 is 2.82. The van der Waals surface area contributed by atoms with Crippen LogP contribution in [0.25, 0.3) is 0 Å². The number of nitrogens with zero attached hydrogens (tertiary/aromatic N) is 1. The zero-order valence-corrected chi connectivity index (χ0v) is 12.7. The molecule has 0 aromatic carbocycles. The van der Waals surface area contributed by atoms with E-state index in [1.54, 1.807) is 6.07 Å². The van der Waals surface area contributed by atoms with Crippen LogP contribution in [0.2, 0.25) is 0 Å². The van der Waals surface area contributed by atoms with Gasteiger partial charge in [-0.2, -0.15) is 0 Å². The largest absolute Gasteiger partial charge is 0.394 e. The summed E-state index contributed by atoms with van der Waals surface area (Å²) in [6.07, 6.45) is 2.87. The lowest BCUT2D eigenvalue weighted by Crippen LogP contribution is -2.41. The topological polar surface area (TPSA) is 54.3 Å². The summed E-state index contributed by atoms with van der Waals surface area (Å²) in [5.41, 5.74) is 0.628. The van der Waals surface area contributed by atoms with E-state index >= 15 is 0 Å². The van der Waals surface area contributed by atoms with E-state index in [1.807, 2.05) is 24.6 Å². The van der Waals surface area contributed by atoms with Gasteiger partial charge in [0.25, 0.3) is 5.91 Å². The van der Waals surface area contributed by atoms with Gasteiger partial charge in [0, 0.05) is 17.2 Å². The highest BCUT2D eigenvalue weighted by Crippen LogP contribution is 2.16. The van der Waals surface area contributed by atoms with Crippen LogP contribution in [0.4, 0.5) is 0 Å². The van der Waals surface area contributed by atoms with Gasteiger partial charge in [-0.3, -0.25) is 4.79 Å². The van der Waals surface area contributed by atoms with Crippen molar-refractivity contribution in [1.82, 2.24) is 9.88 Å². The maximum atomic E-state index is 12.2. The second-order valence-electron chi connectivity index (χ2n) is 4.74. The quantitative estimate of drug-likeness (QED) is 0.846. The second-order valence-corrected chi connectivity index (χ2v) is 5.66. The minimum Gasteiger partial charge on any atom is -0.394 e. The normalized spacial score (nSPS) is 12.8. The highest BCUT2D eigenvalue weighted by molar-refractivity contribution is 9.10. The number of hydrogen-bond acceptors (Lipinski definition) is 2. The number of aliphatic hydroxyl groups excluding tert-OH is 1. The molecule has 4 nitrogen and oxygen atoms in total. The van der Waals surface area contributed by atoms with Gasteiger partial charge in [-0.15, -0.1) is 0 Å². The van der Waals surface area contributed by atoms with Gasteiger partial charge in [-0.05, 0) is 34.3 Å². The first-order chi connectivity index (χ1) is 8.49. The molecule has 0 aliphatic carbocycles. The van der Waals surface area contributed by atoms with E-state index in [1.165, 1.54) is 0 Å². The van der Waals surface area contributed by atoms with E-state index in [-0.39, 0.29) is 24.5 Å². The number of hydrogen-bond donors (Lipinski definition) is 2. The third-order valence-electron chi connectivity index (χ3n) is 2.88. The number of aryl methyl sites for hydroxylation is 1. The van der Waals surface area contributed by atoms with E-state index in [9.17, 15) is 9.90 Å². The van der Waals surface area contributed by atoms with Crippen LogP contribution in [0, 0.1) is 5.92 Å². The number of aromatic nitrogens is 1. The fourth-order valence-corrected chi connectivity index (χ4v) is 2.22. The van der Waals surface area contributed by atoms with E-state index in [0.29, 0.717) is 5.69 Å². The Kier molecular flexibility index (Phi) is 5.88. The summed E-state index contributed by atoms with van der Waals surface area (Å²) in [6.45, 7) is 6.78. The number of amides is 1. The molecule has 1 aromatic heterocycles. The van der Waals surface area contributed by atoms with E-state index in [4.69, 9.17) is 0 Å². The Morgan fingerprint density at radius 2 is 2.22 bits per heavy atom.